The lowest BCUT2D eigenvalue weighted by Crippen LogP contribution is -2.39. The molecule has 0 bridgehead atoms. The van der Waals surface area contributed by atoms with Crippen molar-refractivity contribution in [1.29, 1.82) is 0 Å². The SMILES string of the molecule is CNC(=O)c1cc(C)c(N2CCC(Oc3ccc(OC)nc3)CC2)nc1C. The van der Waals surface area contributed by atoms with Crippen LogP contribution in [0.2, 0.25) is 0 Å². The molecule has 7 nitrogen and oxygen atoms in total. The minimum Gasteiger partial charge on any atom is -0.489 e. The van der Waals surface area contributed by atoms with Crippen LogP contribution in [0.1, 0.15) is 34.5 Å². The van der Waals surface area contributed by atoms with Crippen LogP contribution in [-0.2, 0) is 0 Å². The number of amides is 1. The quantitative estimate of drug-likeness (QED) is 0.871. The summed E-state index contributed by atoms with van der Waals surface area (Å²) in [6, 6.07) is 5.60. The number of anilines is 1. The second-order valence-electron chi connectivity index (χ2n) is 6.68. The maximum absolute atomic E-state index is 11.9. The molecule has 3 rings (SSSR count). The number of methoxy groups -OCH3 is 1. The van der Waals surface area contributed by atoms with Gasteiger partial charge in [-0.15, -0.1) is 0 Å². The van der Waals surface area contributed by atoms with E-state index in [4.69, 9.17) is 14.5 Å². The molecular formula is C20H26N4O3. The monoisotopic (exact) mass is 370 g/mol. The van der Waals surface area contributed by atoms with Gasteiger partial charge >= 0.3 is 0 Å². The molecule has 0 atom stereocenters. The topological polar surface area (TPSA) is 76.6 Å². The third-order valence-electron chi connectivity index (χ3n) is 4.81. The molecule has 1 aliphatic heterocycles. The maximum Gasteiger partial charge on any atom is 0.252 e. The number of carbonyl (C=O) groups is 1. The lowest BCUT2D eigenvalue weighted by molar-refractivity contribution is 0.0962. The molecule has 0 unspecified atom stereocenters. The summed E-state index contributed by atoms with van der Waals surface area (Å²) < 4.78 is 11.1. The highest BCUT2D eigenvalue weighted by molar-refractivity contribution is 5.95. The largest absolute Gasteiger partial charge is 0.489 e. The normalized spacial score (nSPS) is 14.7. The fraction of sp³-hybridized carbons (Fsp3) is 0.450. The Morgan fingerprint density at radius 2 is 2.00 bits per heavy atom. The molecule has 0 aromatic carbocycles. The summed E-state index contributed by atoms with van der Waals surface area (Å²) in [6.45, 7) is 5.60. The molecule has 1 fully saturated rings. The van der Waals surface area contributed by atoms with Gasteiger partial charge in [-0.3, -0.25) is 4.79 Å². The molecule has 0 radical (unpaired) electrons. The van der Waals surface area contributed by atoms with Crippen LogP contribution in [0, 0.1) is 13.8 Å². The number of hydrogen-bond acceptors (Lipinski definition) is 6. The zero-order chi connectivity index (χ0) is 19.4. The van der Waals surface area contributed by atoms with Crippen molar-refractivity contribution in [2.45, 2.75) is 32.8 Å². The summed E-state index contributed by atoms with van der Waals surface area (Å²) in [6.07, 6.45) is 3.66. The fourth-order valence-electron chi connectivity index (χ4n) is 3.31. The first-order valence-electron chi connectivity index (χ1n) is 9.13. The summed E-state index contributed by atoms with van der Waals surface area (Å²) in [5.74, 6) is 2.18. The molecule has 144 valence electrons. The Hall–Kier alpha value is -2.83. The van der Waals surface area contributed by atoms with Crippen LogP contribution < -0.4 is 19.7 Å². The minimum absolute atomic E-state index is 0.102. The van der Waals surface area contributed by atoms with Crippen LogP contribution in [-0.4, -0.2) is 49.2 Å². The van der Waals surface area contributed by atoms with Crippen molar-refractivity contribution in [2.75, 3.05) is 32.1 Å². The van der Waals surface area contributed by atoms with E-state index in [-0.39, 0.29) is 12.0 Å². The molecule has 1 saturated heterocycles. The first-order valence-corrected chi connectivity index (χ1v) is 9.13. The van der Waals surface area contributed by atoms with E-state index >= 15 is 0 Å². The zero-order valence-corrected chi connectivity index (χ0v) is 16.3. The van der Waals surface area contributed by atoms with Gasteiger partial charge in [0.05, 0.1) is 24.6 Å². The van der Waals surface area contributed by atoms with E-state index in [1.165, 1.54) is 0 Å². The number of pyridine rings is 2. The molecular weight excluding hydrogens is 344 g/mol. The Labute approximate surface area is 159 Å². The second kappa shape index (κ2) is 8.24. The molecule has 1 aliphatic rings. The molecule has 3 heterocycles. The van der Waals surface area contributed by atoms with Crippen LogP contribution in [0.15, 0.2) is 24.4 Å². The van der Waals surface area contributed by atoms with Crippen molar-refractivity contribution in [3.8, 4) is 11.6 Å². The summed E-state index contributed by atoms with van der Waals surface area (Å²) >= 11 is 0. The van der Waals surface area contributed by atoms with Crippen LogP contribution in [0.25, 0.3) is 0 Å². The number of ether oxygens (including phenoxy) is 2. The number of nitrogens with one attached hydrogen (secondary N) is 1. The molecule has 7 heteroatoms. The highest BCUT2D eigenvalue weighted by atomic mass is 16.5. The number of aromatic nitrogens is 2. The minimum atomic E-state index is -0.102. The van der Waals surface area contributed by atoms with E-state index in [2.05, 4.69) is 15.2 Å². The predicted molar refractivity (Wildman–Crippen MR) is 104 cm³/mol. The molecule has 27 heavy (non-hydrogen) atoms. The van der Waals surface area contributed by atoms with E-state index in [9.17, 15) is 4.79 Å². The van der Waals surface area contributed by atoms with Gasteiger partial charge in [0.2, 0.25) is 5.88 Å². The Bertz CT molecular complexity index is 800. The third-order valence-corrected chi connectivity index (χ3v) is 4.81. The Morgan fingerprint density at radius 1 is 1.26 bits per heavy atom. The highest BCUT2D eigenvalue weighted by Crippen LogP contribution is 2.26. The van der Waals surface area contributed by atoms with Gasteiger partial charge in [-0.1, -0.05) is 0 Å². The van der Waals surface area contributed by atoms with Gasteiger partial charge in [0, 0.05) is 39.0 Å². The fourth-order valence-corrected chi connectivity index (χ4v) is 3.31. The Morgan fingerprint density at radius 3 is 2.59 bits per heavy atom. The van der Waals surface area contributed by atoms with Gasteiger partial charge in [0.25, 0.3) is 5.91 Å². The first-order chi connectivity index (χ1) is 13.0. The standard InChI is InChI=1S/C20H26N4O3/c1-13-11-17(20(25)21-3)14(2)23-19(13)24-9-7-15(8-10-24)27-16-5-6-18(26-4)22-12-16/h5-6,11-12,15H,7-10H2,1-4H3,(H,21,25). The molecule has 0 aliphatic carbocycles. The molecule has 1 amide bonds. The molecule has 2 aromatic heterocycles. The van der Waals surface area contributed by atoms with Crippen LogP contribution in [0.5, 0.6) is 11.6 Å². The number of rotatable bonds is 5. The summed E-state index contributed by atoms with van der Waals surface area (Å²) in [5.41, 5.74) is 2.39. The summed E-state index contributed by atoms with van der Waals surface area (Å²) in [7, 11) is 3.23. The average Bonchev–Trinajstić information content (AvgIpc) is 2.70. The van der Waals surface area contributed by atoms with E-state index in [0.717, 1.165) is 48.8 Å². The van der Waals surface area contributed by atoms with Crippen molar-refractivity contribution in [2.24, 2.45) is 0 Å². The molecule has 1 N–H and O–H groups in total. The molecule has 0 spiro atoms. The van der Waals surface area contributed by atoms with Gasteiger partial charge in [-0.2, -0.15) is 0 Å². The Kier molecular flexibility index (Phi) is 5.78. The van der Waals surface area contributed by atoms with E-state index in [1.807, 2.05) is 26.0 Å². The number of piperidine rings is 1. The van der Waals surface area contributed by atoms with Crippen molar-refractivity contribution in [1.82, 2.24) is 15.3 Å². The van der Waals surface area contributed by atoms with Crippen molar-refractivity contribution in [3.05, 3.63) is 41.2 Å². The number of carbonyl (C=O) groups excluding carboxylic acids is 1. The van der Waals surface area contributed by atoms with Gasteiger partial charge in [0.1, 0.15) is 17.7 Å². The Balaban J connectivity index is 1.63. The first kappa shape index (κ1) is 18.9. The van der Waals surface area contributed by atoms with Crippen LogP contribution in [0.4, 0.5) is 5.82 Å². The number of hydrogen-bond donors (Lipinski definition) is 1. The second-order valence-corrected chi connectivity index (χ2v) is 6.68. The summed E-state index contributed by atoms with van der Waals surface area (Å²) in [5, 5.41) is 2.66. The van der Waals surface area contributed by atoms with Crippen molar-refractivity contribution >= 4 is 11.7 Å². The van der Waals surface area contributed by atoms with Crippen LogP contribution in [0.3, 0.4) is 0 Å². The lowest BCUT2D eigenvalue weighted by Gasteiger charge is -2.34. The highest BCUT2D eigenvalue weighted by Gasteiger charge is 2.24. The lowest BCUT2D eigenvalue weighted by atomic mass is 10.1. The number of aryl methyl sites for hydroxylation is 2. The van der Waals surface area contributed by atoms with Gasteiger partial charge in [0.15, 0.2) is 0 Å². The maximum atomic E-state index is 11.9. The zero-order valence-electron chi connectivity index (χ0n) is 16.3. The molecule has 0 saturated carbocycles. The third kappa shape index (κ3) is 4.30. The van der Waals surface area contributed by atoms with Crippen LogP contribution >= 0.6 is 0 Å². The van der Waals surface area contributed by atoms with E-state index in [1.54, 1.807) is 26.4 Å². The average molecular weight is 370 g/mol. The van der Waals surface area contributed by atoms with E-state index < -0.39 is 0 Å². The predicted octanol–water partition coefficient (Wildman–Crippen LogP) is 2.51. The summed E-state index contributed by atoms with van der Waals surface area (Å²) in [4.78, 5) is 23.1. The van der Waals surface area contributed by atoms with Gasteiger partial charge in [-0.25, -0.2) is 9.97 Å². The van der Waals surface area contributed by atoms with Gasteiger partial charge < -0.3 is 19.7 Å². The number of nitrogens with zero attached hydrogens (tertiary/aromatic N) is 3. The smallest absolute Gasteiger partial charge is 0.252 e. The van der Waals surface area contributed by atoms with E-state index in [0.29, 0.717) is 11.4 Å². The van der Waals surface area contributed by atoms with Gasteiger partial charge in [-0.05, 0) is 31.5 Å². The molecule has 2 aromatic rings. The van der Waals surface area contributed by atoms with Crippen molar-refractivity contribution < 1.29 is 14.3 Å². The van der Waals surface area contributed by atoms with Crippen molar-refractivity contribution in [3.63, 3.8) is 0 Å².